The summed E-state index contributed by atoms with van der Waals surface area (Å²) in [5.74, 6) is 0.0992. The molecule has 0 aliphatic rings. The van der Waals surface area contributed by atoms with Crippen molar-refractivity contribution in [3.05, 3.63) is 46.2 Å². The number of halogens is 1. The van der Waals surface area contributed by atoms with Crippen LogP contribution in [0.25, 0.3) is 5.69 Å². The van der Waals surface area contributed by atoms with Crippen LogP contribution in [0.4, 0.5) is 0 Å². The zero-order valence-electron chi connectivity index (χ0n) is 14.1. The summed E-state index contributed by atoms with van der Waals surface area (Å²) < 4.78 is 1.86. The van der Waals surface area contributed by atoms with Crippen molar-refractivity contribution >= 4 is 17.5 Å². The number of carbonyl (C=O) groups excluding carboxylic acids is 1. The van der Waals surface area contributed by atoms with Gasteiger partial charge in [0.05, 0.1) is 17.8 Å². The molecule has 1 aromatic heterocycles. The van der Waals surface area contributed by atoms with Crippen LogP contribution >= 0.6 is 11.6 Å². The fourth-order valence-electron chi connectivity index (χ4n) is 2.45. The summed E-state index contributed by atoms with van der Waals surface area (Å²) >= 11 is 5.94. The van der Waals surface area contributed by atoms with Crippen LogP contribution in [0.1, 0.15) is 17.0 Å². The summed E-state index contributed by atoms with van der Waals surface area (Å²) in [6.07, 6.45) is 0.367. The van der Waals surface area contributed by atoms with Crippen molar-refractivity contribution < 1.29 is 4.79 Å². The fourth-order valence-corrected chi connectivity index (χ4v) is 2.58. The molecule has 6 heteroatoms. The molecule has 1 N–H and O–H groups in total. The van der Waals surface area contributed by atoms with Crippen LogP contribution in [-0.2, 0) is 11.2 Å². The molecule has 0 aliphatic heterocycles. The van der Waals surface area contributed by atoms with Crippen molar-refractivity contribution in [3.63, 3.8) is 0 Å². The zero-order chi connectivity index (χ0) is 17.0. The molecule has 0 radical (unpaired) electrons. The first-order valence-corrected chi connectivity index (χ1v) is 8.01. The van der Waals surface area contributed by atoms with Gasteiger partial charge in [-0.15, -0.1) is 0 Å². The first-order chi connectivity index (χ1) is 10.9. The topological polar surface area (TPSA) is 50.2 Å². The molecule has 1 aromatic carbocycles. The van der Waals surface area contributed by atoms with E-state index in [4.69, 9.17) is 11.6 Å². The van der Waals surface area contributed by atoms with Crippen molar-refractivity contribution in [2.45, 2.75) is 20.3 Å². The smallest absolute Gasteiger partial charge is 0.226 e. The van der Waals surface area contributed by atoms with E-state index in [2.05, 4.69) is 10.4 Å². The summed E-state index contributed by atoms with van der Waals surface area (Å²) in [4.78, 5) is 14.1. The Kier molecular flexibility index (Phi) is 5.80. The minimum atomic E-state index is 0.0992. The lowest BCUT2D eigenvalue weighted by Gasteiger charge is -2.17. The highest BCUT2D eigenvalue weighted by atomic mass is 35.5. The van der Waals surface area contributed by atoms with E-state index in [9.17, 15) is 4.79 Å². The standard InChI is InChI=1S/C17H23ClN4O/c1-12-16(11-17(23)21(4)10-9-19-3)13(2)22(20-12)15-7-5-14(18)6-8-15/h5-8,19H,9-11H2,1-4H3. The second-order valence-electron chi connectivity index (χ2n) is 5.63. The van der Waals surface area contributed by atoms with Gasteiger partial charge in [0.25, 0.3) is 0 Å². The lowest BCUT2D eigenvalue weighted by molar-refractivity contribution is -0.129. The van der Waals surface area contributed by atoms with Gasteiger partial charge in [-0.05, 0) is 45.2 Å². The molecule has 2 aromatic rings. The molecule has 0 bridgehead atoms. The van der Waals surface area contributed by atoms with Gasteiger partial charge in [0.15, 0.2) is 0 Å². The third-order valence-corrected chi connectivity index (χ3v) is 4.22. The van der Waals surface area contributed by atoms with E-state index in [0.717, 1.165) is 29.2 Å². The Morgan fingerprint density at radius 3 is 2.57 bits per heavy atom. The van der Waals surface area contributed by atoms with E-state index < -0.39 is 0 Å². The first kappa shape index (κ1) is 17.5. The zero-order valence-corrected chi connectivity index (χ0v) is 14.8. The molecule has 0 aliphatic carbocycles. The SMILES string of the molecule is CNCCN(C)C(=O)Cc1c(C)nn(-c2ccc(Cl)cc2)c1C. The first-order valence-electron chi connectivity index (χ1n) is 7.63. The van der Waals surface area contributed by atoms with Crippen molar-refractivity contribution in [1.29, 1.82) is 0 Å². The number of nitrogens with zero attached hydrogens (tertiary/aromatic N) is 3. The molecule has 23 heavy (non-hydrogen) atoms. The van der Waals surface area contributed by atoms with Gasteiger partial charge in [-0.1, -0.05) is 11.6 Å². The molecule has 0 saturated heterocycles. The Labute approximate surface area is 142 Å². The molecular formula is C17H23ClN4O. The van der Waals surface area contributed by atoms with E-state index >= 15 is 0 Å². The molecule has 0 spiro atoms. The van der Waals surface area contributed by atoms with Gasteiger partial charge in [-0.2, -0.15) is 5.10 Å². The second-order valence-corrected chi connectivity index (χ2v) is 6.07. The summed E-state index contributed by atoms with van der Waals surface area (Å²) in [7, 11) is 3.71. The highest BCUT2D eigenvalue weighted by molar-refractivity contribution is 6.30. The second kappa shape index (κ2) is 7.62. The van der Waals surface area contributed by atoms with Gasteiger partial charge in [0.1, 0.15) is 0 Å². The summed E-state index contributed by atoms with van der Waals surface area (Å²) in [6, 6.07) is 7.52. The minimum absolute atomic E-state index is 0.0992. The van der Waals surface area contributed by atoms with Crippen LogP contribution in [0.15, 0.2) is 24.3 Å². The van der Waals surface area contributed by atoms with Gasteiger partial charge in [0.2, 0.25) is 5.91 Å². The van der Waals surface area contributed by atoms with Gasteiger partial charge >= 0.3 is 0 Å². The van der Waals surface area contributed by atoms with Crippen molar-refractivity contribution in [3.8, 4) is 5.69 Å². The van der Waals surface area contributed by atoms with E-state index in [1.54, 1.807) is 4.90 Å². The molecule has 0 saturated carbocycles. The lowest BCUT2D eigenvalue weighted by Crippen LogP contribution is -2.34. The lowest BCUT2D eigenvalue weighted by atomic mass is 10.1. The Balaban J connectivity index is 2.21. The number of aryl methyl sites for hydroxylation is 1. The number of benzene rings is 1. The van der Waals surface area contributed by atoms with Crippen LogP contribution in [0.2, 0.25) is 5.02 Å². The van der Waals surface area contributed by atoms with Crippen LogP contribution in [0.5, 0.6) is 0 Å². The molecule has 0 unspecified atom stereocenters. The maximum atomic E-state index is 12.4. The van der Waals surface area contributed by atoms with Gasteiger partial charge in [-0.25, -0.2) is 4.68 Å². The number of aromatic nitrogens is 2. The Hall–Kier alpha value is -1.85. The molecule has 5 nitrogen and oxygen atoms in total. The normalized spacial score (nSPS) is 10.8. The number of likely N-dealkylation sites (N-methyl/N-ethyl adjacent to an activating group) is 2. The number of hydrogen-bond donors (Lipinski definition) is 1. The van der Waals surface area contributed by atoms with Crippen molar-refractivity contribution in [2.24, 2.45) is 0 Å². The maximum Gasteiger partial charge on any atom is 0.226 e. The largest absolute Gasteiger partial charge is 0.344 e. The number of hydrogen-bond acceptors (Lipinski definition) is 3. The van der Waals surface area contributed by atoms with E-state index in [1.807, 2.05) is 56.9 Å². The van der Waals surface area contributed by atoms with E-state index in [0.29, 0.717) is 18.0 Å². The highest BCUT2D eigenvalue weighted by Gasteiger charge is 2.17. The Morgan fingerprint density at radius 2 is 1.96 bits per heavy atom. The minimum Gasteiger partial charge on any atom is -0.344 e. The summed E-state index contributed by atoms with van der Waals surface area (Å²) in [5, 5.41) is 8.32. The van der Waals surface area contributed by atoms with Gasteiger partial charge in [0, 0.05) is 36.4 Å². The predicted molar refractivity (Wildman–Crippen MR) is 93.3 cm³/mol. The average Bonchev–Trinajstić information content (AvgIpc) is 2.81. The molecule has 0 atom stereocenters. The molecular weight excluding hydrogens is 312 g/mol. The number of carbonyl (C=O) groups is 1. The third-order valence-electron chi connectivity index (χ3n) is 3.96. The number of nitrogens with one attached hydrogen (secondary N) is 1. The Morgan fingerprint density at radius 1 is 1.30 bits per heavy atom. The van der Waals surface area contributed by atoms with Crippen LogP contribution < -0.4 is 5.32 Å². The molecule has 2 rings (SSSR count). The molecule has 0 fully saturated rings. The van der Waals surface area contributed by atoms with Gasteiger partial charge < -0.3 is 10.2 Å². The highest BCUT2D eigenvalue weighted by Crippen LogP contribution is 2.20. The van der Waals surface area contributed by atoms with Crippen molar-refractivity contribution in [1.82, 2.24) is 20.0 Å². The number of rotatable bonds is 6. The monoisotopic (exact) mass is 334 g/mol. The van der Waals surface area contributed by atoms with Crippen LogP contribution in [-0.4, -0.2) is 47.8 Å². The van der Waals surface area contributed by atoms with E-state index in [-0.39, 0.29) is 5.91 Å². The third kappa shape index (κ3) is 4.12. The van der Waals surface area contributed by atoms with E-state index in [1.165, 1.54) is 0 Å². The maximum absolute atomic E-state index is 12.4. The molecule has 1 amide bonds. The van der Waals surface area contributed by atoms with Gasteiger partial charge in [-0.3, -0.25) is 4.79 Å². The summed E-state index contributed by atoms with van der Waals surface area (Å²) in [6.45, 7) is 5.41. The van der Waals surface area contributed by atoms with Crippen molar-refractivity contribution in [2.75, 3.05) is 27.2 Å². The average molecular weight is 335 g/mol. The number of amides is 1. The molecule has 124 valence electrons. The van der Waals surface area contributed by atoms with Crippen LogP contribution in [0, 0.1) is 13.8 Å². The predicted octanol–water partition coefficient (Wildman–Crippen LogP) is 2.36. The summed E-state index contributed by atoms with van der Waals surface area (Å²) in [5.41, 5.74) is 3.80. The quantitative estimate of drug-likeness (QED) is 0.882. The van der Waals surface area contributed by atoms with Crippen LogP contribution in [0.3, 0.4) is 0 Å². The Bertz CT molecular complexity index is 679. The fraction of sp³-hybridized carbons (Fsp3) is 0.412. The molecule has 1 heterocycles.